The highest BCUT2D eigenvalue weighted by Crippen LogP contribution is 2.27. The van der Waals surface area contributed by atoms with Crippen LogP contribution in [0.25, 0.3) is 11.1 Å². The van der Waals surface area contributed by atoms with Gasteiger partial charge in [-0.2, -0.15) is 0 Å². The number of carboxylic acid groups (broad SMARTS) is 1. The number of carbonyl (C=O) groups excluding carboxylic acids is 1. The summed E-state index contributed by atoms with van der Waals surface area (Å²) in [6.07, 6.45) is 11.2. The van der Waals surface area contributed by atoms with Crippen molar-refractivity contribution in [2.45, 2.75) is 64.8 Å². The SMILES string of the molecule is CCCc1nc(C(=O)CC2CCCCC2)nn1Cc1ccc(-c2cnccc2C(=O)O)cc1. The van der Waals surface area contributed by atoms with Crippen molar-refractivity contribution in [1.29, 1.82) is 0 Å². The maximum atomic E-state index is 12.8. The first kappa shape index (κ1) is 22.8. The normalized spacial score (nSPS) is 14.3. The van der Waals surface area contributed by atoms with Gasteiger partial charge in [0.05, 0.1) is 12.1 Å². The molecule has 2 aromatic heterocycles. The maximum absolute atomic E-state index is 12.8. The third kappa shape index (κ3) is 5.53. The molecule has 1 aliphatic rings. The van der Waals surface area contributed by atoms with Crippen LogP contribution in [0, 0.1) is 5.92 Å². The number of rotatable bonds is 9. The lowest BCUT2D eigenvalue weighted by Crippen LogP contribution is -2.13. The second kappa shape index (κ2) is 10.5. The van der Waals surface area contributed by atoms with E-state index < -0.39 is 5.97 Å². The van der Waals surface area contributed by atoms with Gasteiger partial charge in [-0.15, -0.1) is 5.10 Å². The number of nitrogens with zero attached hydrogens (tertiary/aromatic N) is 4. The molecule has 0 atom stereocenters. The Morgan fingerprint density at radius 2 is 1.85 bits per heavy atom. The molecule has 0 bridgehead atoms. The van der Waals surface area contributed by atoms with Gasteiger partial charge in [-0.3, -0.25) is 9.78 Å². The molecule has 0 amide bonds. The summed E-state index contributed by atoms with van der Waals surface area (Å²) >= 11 is 0. The molecule has 0 spiro atoms. The average molecular weight is 447 g/mol. The molecular formula is C26H30N4O3. The Kier molecular flexibility index (Phi) is 7.27. The monoisotopic (exact) mass is 446 g/mol. The maximum Gasteiger partial charge on any atom is 0.336 e. The molecular weight excluding hydrogens is 416 g/mol. The quantitative estimate of drug-likeness (QED) is 0.454. The summed E-state index contributed by atoms with van der Waals surface area (Å²) in [5.41, 5.74) is 2.60. The Labute approximate surface area is 193 Å². The van der Waals surface area contributed by atoms with E-state index in [2.05, 4.69) is 22.0 Å². The first-order valence-corrected chi connectivity index (χ1v) is 11.8. The number of hydrogen-bond donors (Lipinski definition) is 1. The van der Waals surface area contributed by atoms with Crippen molar-refractivity contribution < 1.29 is 14.7 Å². The van der Waals surface area contributed by atoms with Gasteiger partial charge < -0.3 is 5.11 Å². The number of carbonyl (C=O) groups is 2. The van der Waals surface area contributed by atoms with Crippen LogP contribution < -0.4 is 0 Å². The van der Waals surface area contributed by atoms with Crippen LogP contribution in [0.5, 0.6) is 0 Å². The number of pyridine rings is 1. The van der Waals surface area contributed by atoms with Crippen LogP contribution >= 0.6 is 0 Å². The number of hydrogen-bond acceptors (Lipinski definition) is 5. The van der Waals surface area contributed by atoms with Gasteiger partial charge in [-0.1, -0.05) is 63.3 Å². The molecule has 7 heteroatoms. The molecule has 2 heterocycles. The van der Waals surface area contributed by atoms with Crippen LogP contribution in [0.3, 0.4) is 0 Å². The number of aromatic carboxylic acids is 1. The molecule has 1 aromatic carbocycles. The zero-order valence-corrected chi connectivity index (χ0v) is 19.0. The van der Waals surface area contributed by atoms with E-state index >= 15 is 0 Å². The summed E-state index contributed by atoms with van der Waals surface area (Å²) < 4.78 is 1.83. The highest BCUT2D eigenvalue weighted by atomic mass is 16.4. The van der Waals surface area contributed by atoms with Gasteiger partial charge in [0.15, 0.2) is 0 Å². The number of carboxylic acids is 1. The Bertz CT molecular complexity index is 1110. The minimum atomic E-state index is -0.978. The summed E-state index contributed by atoms with van der Waals surface area (Å²) in [4.78, 5) is 33.0. The van der Waals surface area contributed by atoms with Crippen LogP contribution in [-0.2, 0) is 13.0 Å². The molecule has 0 aliphatic heterocycles. The average Bonchev–Trinajstić information content (AvgIpc) is 3.23. The van der Waals surface area contributed by atoms with Crippen molar-refractivity contribution in [3.63, 3.8) is 0 Å². The standard InChI is InChI=1S/C26H30N4O3/c1-2-6-24-28-25(23(31)15-18-7-4-3-5-8-18)29-30(24)17-19-9-11-20(12-10-19)22-16-27-14-13-21(22)26(32)33/h9-14,16,18H,2-8,15,17H2,1H3,(H,32,33). The first-order valence-electron chi connectivity index (χ1n) is 11.8. The summed E-state index contributed by atoms with van der Waals surface area (Å²) in [5, 5.41) is 14.0. The van der Waals surface area contributed by atoms with Gasteiger partial charge in [0.25, 0.3) is 0 Å². The molecule has 7 nitrogen and oxygen atoms in total. The van der Waals surface area contributed by atoms with Crippen LogP contribution in [0.1, 0.15) is 84.2 Å². The Morgan fingerprint density at radius 3 is 2.55 bits per heavy atom. The van der Waals surface area contributed by atoms with E-state index in [1.165, 1.54) is 31.5 Å². The van der Waals surface area contributed by atoms with Crippen molar-refractivity contribution in [3.8, 4) is 11.1 Å². The number of benzene rings is 1. The van der Waals surface area contributed by atoms with Gasteiger partial charge in [0, 0.05) is 30.8 Å². The van der Waals surface area contributed by atoms with E-state index in [4.69, 9.17) is 0 Å². The van der Waals surface area contributed by atoms with E-state index in [1.54, 1.807) is 6.20 Å². The van der Waals surface area contributed by atoms with E-state index in [0.29, 0.717) is 30.3 Å². The summed E-state index contributed by atoms with van der Waals surface area (Å²) in [6.45, 7) is 2.60. The van der Waals surface area contributed by atoms with Crippen LogP contribution in [0.2, 0.25) is 0 Å². The molecule has 33 heavy (non-hydrogen) atoms. The van der Waals surface area contributed by atoms with Gasteiger partial charge in [-0.05, 0) is 29.5 Å². The second-order valence-corrected chi connectivity index (χ2v) is 8.81. The van der Waals surface area contributed by atoms with E-state index in [9.17, 15) is 14.7 Å². The van der Waals surface area contributed by atoms with Crippen molar-refractivity contribution in [1.82, 2.24) is 19.7 Å². The van der Waals surface area contributed by atoms with E-state index in [0.717, 1.165) is 42.6 Å². The number of Topliss-reactive ketones (excluding diaryl/α,β-unsaturated/α-hetero) is 1. The van der Waals surface area contributed by atoms with Gasteiger partial charge in [0.2, 0.25) is 11.6 Å². The summed E-state index contributed by atoms with van der Waals surface area (Å²) in [7, 11) is 0. The lowest BCUT2D eigenvalue weighted by molar-refractivity contribution is 0.0697. The van der Waals surface area contributed by atoms with Gasteiger partial charge >= 0.3 is 5.97 Å². The van der Waals surface area contributed by atoms with Crippen molar-refractivity contribution in [3.05, 3.63) is 65.5 Å². The molecule has 1 fully saturated rings. The number of aromatic nitrogens is 4. The minimum Gasteiger partial charge on any atom is -0.478 e. The zero-order chi connectivity index (χ0) is 23.2. The van der Waals surface area contributed by atoms with E-state index in [-0.39, 0.29) is 11.3 Å². The molecule has 0 saturated heterocycles. The molecule has 0 unspecified atom stereocenters. The van der Waals surface area contributed by atoms with Gasteiger partial charge in [-0.25, -0.2) is 14.5 Å². The third-order valence-corrected chi connectivity index (χ3v) is 6.32. The second-order valence-electron chi connectivity index (χ2n) is 8.81. The predicted octanol–water partition coefficient (Wildman–Crippen LogP) is 5.19. The highest BCUT2D eigenvalue weighted by Gasteiger charge is 2.22. The third-order valence-electron chi connectivity index (χ3n) is 6.32. The fraction of sp³-hybridized carbons (Fsp3) is 0.423. The van der Waals surface area contributed by atoms with Crippen molar-refractivity contribution >= 4 is 11.8 Å². The molecule has 0 radical (unpaired) electrons. The molecule has 172 valence electrons. The molecule has 1 saturated carbocycles. The largest absolute Gasteiger partial charge is 0.478 e. The lowest BCUT2D eigenvalue weighted by atomic mass is 9.86. The highest BCUT2D eigenvalue weighted by molar-refractivity contribution is 5.95. The Hall–Kier alpha value is -3.35. The van der Waals surface area contributed by atoms with Crippen LogP contribution in [0.15, 0.2) is 42.7 Å². The molecule has 3 aromatic rings. The van der Waals surface area contributed by atoms with Crippen LogP contribution in [0.4, 0.5) is 0 Å². The smallest absolute Gasteiger partial charge is 0.336 e. The van der Waals surface area contributed by atoms with Crippen LogP contribution in [-0.4, -0.2) is 36.6 Å². The zero-order valence-electron chi connectivity index (χ0n) is 19.0. The van der Waals surface area contributed by atoms with Crippen molar-refractivity contribution in [2.24, 2.45) is 5.92 Å². The predicted molar refractivity (Wildman–Crippen MR) is 125 cm³/mol. The number of ketones is 1. The fourth-order valence-corrected chi connectivity index (χ4v) is 4.55. The molecule has 1 N–H and O–H groups in total. The number of aryl methyl sites for hydroxylation is 1. The Morgan fingerprint density at radius 1 is 1.09 bits per heavy atom. The van der Waals surface area contributed by atoms with Gasteiger partial charge in [0.1, 0.15) is 5.82 Å². The fourth-order valence-electron chi connectivity index (χ4n) is 4.55. The first-order chi connectivity index (χ1) is 16.0. The molecule has 1 aliphatic carbocycles. The minimum absolute atomic E-state index is 0.0473. The summed E-state index contributed by atoms with van der Waals surface area (Å²) in [6, 6.07) is 9.20. The summed E-state index contributed by atoms with van der Waals surface area (Å²) in [5.74, 6) is 0.694. The topological polar surface area (TPSA) is 98.0 Å². The Balaban J connectivity index is 1.51. The van der Waals surface area contributed by atoms with Crippen molar-refractivity contribution in [2.75, 3.05) is 0 Å². The van der Waals surface area contributed by atoms with E-state index in [1.807, 2.05) is 28.9 Å². The molecule has 4 rings (SSSR count). The lowest BCUT2D eigenvalue weighted by Gasteiger charge is -2.19.